The summed E-state index contributed by atoms with van der Waals surface area (Å²) in [6, 6.07) is 3.71. The minimum Gasteiger partial charge on any atom is -0.338 e. The Morgan fingerprint density at radius 1 is 1.30 bits per heavy atom. The molecule has 2 rings (SSSR count). The van der Waals surface area contributed by atoms with Crippen LogP contribution in [-0.4, -0.2) is 53.3 Å². The standard InChI is InChI=1S/C14H21N3O2S/c1-3-14(2,15)13(19)17-8-6-16(7-9-17)12(18)11-5-4-10-20-11/h4-5,10H,3,6-9,15H2,1-2H3. The third-order valence-corrected chi connectivity index (χ3v) is 4.67. The second-order valence-corrected chi connectivity index (χ2v) is 6.28. The Balaban J connectivity index is 1.93. The number of piperazine rings is 1. The first kappa shape index (κ1) is 15.0. The maximum absolute atomic E-state index is 12.3. The Bertz CT molecular complexity index is 477. The molecule has 1 atom stereocenters. The van der Waals surface area contributed by atoms with Gasteiger partial charge in [0.15, 0.2) is 0 Å². The van der Waals surface area contributed by atoms with Crippen molar-refractivity contribution >= 4 is 23.2 Å². The number of hydrogen-bond donors (Lipinski definition) is 1. The van der Waals surface area contributed by atoms with Gasteiger partial charge in [0.05, 0.1) is 10.4 Å². The molecular weight excluding hydrogens is 274 g/mol. The van der Waals surface area contributed by atoms with E-state index >= 15 is 0 Å². The number of hydrogen-bond acceptors (Lipinski definition) is 4. The minimum atomic E-state index is -0.806. The first-order valence-electron chi connectivity index (χ1n) is 6.86. The summed E-state index contributed by atoms with van der Waals surface area (Å²) in [7, 11) is 0. The second kappa shape index (κ2) is 5.93. The summed E-state index contributed by atoms with van der Waals surface area (Å²) in [5.41, 5.74) is 5.19. The molecule has 20 heavy (non-hydrogen) atoms. The van der Waals surface area contributed by atoms with Crippen molar-refractivity contribution in [1.82, 2.24) is 9.80 Å². The van der Waals surface area contributed by atoms with E-state index in [2.05, 4.69) is 0 Å². The summed E-state index contributed by atoms with van der Waals surface area (Å²) in [5.74, 6) is 0.0290. The van der Waals surface area contributed by atoms with Gasteiger partial charge in [0.1, 0.15) is 0 Å². The minimum absolute atomic E-state index is 0.0248. The number of nitrogens with zero attached hydrogens (tertiary/aromatic N) is 2. The SMILES string of the molecule is CCC(C)(N)C(=O)N1CCN(C(=O)c2cccs2)CC1. The van der Waals surface area contributed by atoms with Crippen LogP contribution in [0, 0.1) is 0 Å². The van der Waals surface area contributed by atoms with Crippen molar-refractivity contribution < 1.29 is 9.59 Å². The third-order valence-electron chi connectivity index (χ3n) is 3.81. The van der Waals surface area contributed by atoms with Crippen LogP contribution in [0.3, 0.4) is 0 Å². The monoisotopic (exact) mass is 295 g/mol. The lowest BCUT2D eigenvalue weighted by Gasteiger charge is -2.38. The van der Waals surface area contributed by atoms with Gasteiger partial charge in [-0.05, 0) is 24.8 Å². The molecule has 0 aromatic carbocycles. The highest BCUT2D eigenvalue weighted by molar-refractivity contribution is 7.12. The highest BCUT2D eigenvalue weighted by Gasteiger charge is 2.33. The summed E-state index contributed by atoms with van der Waals surface area (Å²) in [5, 5.41) is 1.90. The van der Waals surface area contributed by atoms with Crippen LogP contribution < -0.4 is 5.73 Å². The molecule has 2 amide bonds. The van der Waals surface area contributed by atoms with E-state index in [0.29, 0.717) is 32.6 Å². The van der Waals surface area contributed by atoms with Crippen molar-refractivity contribution in [2.24, 2.45) is 5.73 Å². The van der Waals surface area contributed by atoms with E-state index < -0.39 is 5.54 Å². The van der Waals surface area contributed by atoms with E-state index in [1.54, 1.807) is 16.7 Å². The van der Waals surface area contributed by atoms with Crippen molar-refractivity contribution in [3.8, 4) is 0 Å². The molecule has 2 N–H and O–H groups in total. The predicted molar refractivity (Wildman–Crippen MR) is 79.7 cm³/mol. The molecule has 0 saturated carbocycles. The quantitative estimate of drug-likeness (QED) is 0.910. The number of nitrogens with two attached hydrogens (primary N) is 1. The molecule has 1 unspecified atom stereocenters. The Labute approximate surface area is 123 Å². The smallest absolute Gasteiger partial charge is 0.264 e. The van der Waals surface area contributed by atoms with Crippen LogP contribution in [0.1, 0.15) is 29.9 Å². The second-order valence-electron chi connectivity index (χ2n) is 5.33. The molecule has 1 aliphatic heterocycles. The van der Waals surface area contributed by atoms with E-state index in [1.807, 2.05) is 24.4 Å². The average Bonchev–Trinajstić information content (AvgIpc) is 3.00. The maximum Gasteiger partial charge on any atom is 0.264 e. The predicted octanol–water partition coefficient (Wildman–Crippen LogP) is 1.16. The first-order chi connectivity index (χ1) is 9.45. The molecule has 1 saturated heterocycles. The van der Waals surface area contributed by atoms with Crippen LogP contribution in [0.2, 0.25) is 0 Å². The first-order valence-corrected chi connectivity index (χ1v) is 7.74. The van der Waals surface area contributed by atoms with Crippen LogP contribution in [-0.2, 0) is 4.79 Å². The number of carbonyl (C=O) groups is 2. The van der Waals surface area contributed by atoms with Crippen LogP contribution in [0.15, 0.2) is 17.5 Å². The fourth-order valence-corrected chi connectivity index (χ4v) is 2.87. The normalized spacial score (nSPS) is 18.8. The van der Waals surface area contributed by atoms with Crippen molar-refractivity contribution in [2.75, 3.05) is 26.2 Å². The number of rotatable bonds is 3. The van der Waals surface area contributed by atoms with Crippen LogP contribution in [0.5, 0.6) is 0 Å². The van der Waals surface area contributed by atoms with Gasteiger partial charge < -0.3 is 15.5 Å². The summed E-state index contributed by atoms with van der Waals surface area (Å²) in [4.78, 5) is 28.8. The number of thiophene rings is 1. The molecule has 0 bridgehead atoms. The van der Waals surface area contributed by atoms with E-state index in [9.17, 15) is 9.59 Å². The molecule has 0 aliphatic carbocycles. The largest absolute Gasteiger partial charge is 0.338 e. The highest BCUT2D eigenvalue weighted by Crippen LogP contribution is 2.16. The third kappa shape index (κ3) is 3.02. The van der Waals surface area contributed by atoms with Crippen LogP contribution in [0.4, 0.5) is 0 Å². The summed E-state index contributed by atoms with van der Waals surface area (Å²) < 4.78 is 0. The Morgan fingerprint density at radius 3 is 2.40 bits per heavy atom. The Morgan fingerprint density at radius 2 is 1.90 bits per heavy atom. The zero-order valence-electron chi connectivity index (χ0n) is 12.0. The number of amides is 2. The average molecular weight is 295 g/mol. The lowest BCUT2D eigenvalue weighted by Crippen LogP contribution is -2.58. The van der Waals surface area contributed by atoms with Crippen molar-refractivity contribution in [1.29, 1.82) is 0 Å². The van der Waals surface area contributed by atoms with Gasteiger partial charge in [-0.2, -0.15) is 0 Å². The van der Waals surface area contributed by atoms with Gasteiger partial charge in [0.2, 0.25) is 5.91 Å². The molecule has 1 aromatic rings. The number of carbonyl (C=O) groups excluding carboxylic acids is 2. The fourth-order valence-electron chi connectivity index (χ4n) is 2.18. The molecule has 6 heteroatoms. The van der Waals surface area contributed by atoms with E-state index in [1.165, 1.54) is 11.3 Å². The van der Waals surface area contributed by atoms with Gasteiger partial charge in [-0.15, -0.1) is 11.3 Å². The van der Waals surface area contributed by atoms with E-state index in [-0.39, 0.29) is 11.8 Å². The molecule has 0 spiro atoms. The van der Waals surface area contributed by atoms with Crippen molar-refractivity contribution in [2.45, 2.75) is 25.8 Å². The molecule has 5 nitrogen and oxygen atoms in total. The van der Waals surface area contributed by atoms with Crippen molar-refractivity contribution in [3.63, 3.8) is 0 Å². The summed E-state index contributed by atoms with van der Waals surface area (Å²) >= 11 is 1.45. The van der Waals surface area contributed by atoms with Gasteiger partial charge >= 0.3 is 0 Å². The van der Waals surface area contributed by atoms with Crippen molar-refractivity contribution in [3.05, 3.63) is 22.4 Å². The lowest BCUT2D eigenvalue weighted by molar-refractivity contribution is -0.138. The van der Waals surface area contributed by atoms with Crippen LogP contribution >= 0.6 is 11.3 Å². The maximum atomic E-state index is 12.3. The molecule has 2 heterocycles. The molecule has 1 aromatic heterocycles. The van der Waals surface area contributed by atoms with E-state index in [4.69, 9.17) is 5.73 Å². The summed E-state index contributed by atoms with van der Waals surface area (Å²) in [6.07, 6.45) is 0.611. The van der Waals surface area contributed by atoms with Gasteiger partial charge in [-0.25, -0.2) is 0 Å². The molecular formula is C14H21N3O2S. The molecule has 0 radical (unpaired) electrons. The van der Waals surface area contributed by atoms with Gasteiger partial charge in [0, 0.05) is 26.2 Å². The van der Waals surface area contributed by atoms with Crippen LogP contribution in [0.25, 0.3) is 0 Å². The molecule has 1 aliphatic rings. The fraction of sp³-hybridized carbons (Fsp3) is 0.571. The Hall–Kier alpha value is -1.40. The topological polar surface area (TPSA) is 66.6 Å². The zero-order chi connectivity index (χ0) is 14.8. The van der Waals surface area contributed by atoms with E-state index in [0.717, 1.165) is 4.88 Å². The highest BCUT2D eigenvalue weighted by atomic mass is 32.1. The van der Waals surface area contributed by atoms with Gasteiger partial charge in [0.25, 0.3) is 5.91 Å². The lowest BCUT2D eigenvalue weighted by atomic mass is 9.98. The zero-order valence-corrected chi connectivity index (χ0v) is 12.8. The molecule has 110 valence electrons. The van der Waals surface area contributed by atoms with Gasteiger partial charge in [-0.3, -0.25) is 9.59 Å². The summed E-state index contributed by atoms with van der Waals surface area (Å²) in [6.45, 7) is 5.93. The molecule has 1 fully saturated rings. The Kier molecular flexibility index (Phi) is 4.45. The van der Waals surface area contributed by atoms with Gasteiger partial charge in [-0.1, -0.05) is 13.0 Å².